The highest BCUT2D eigenvalue weighted by atomic mass is 79.9. The minimum Gasteiger partial charge on any atom is -0.494 e. The SMILES string of the molecule is COc1ncc(Br)c(OC)c1C(=O)O. The first-order valence-electron chi connectivity index (χ1n) is 3.61. The van der Waals surface area contributed by atoms with Crippen molar-refractivity contribution in [3.63, 3.8) is 0 Å². The quantitative estimate of drug-likeness (QED) is 0.895. The first kappa shape index (κ1) is 10.8. The molecule has 0 atom stereocenters. The van der Waals surface area contributed by atoms with Crippen LogP contribution < -0.4 is 9.47 Å². The largest absolute Gasteiger partial charge is 0.494 e. The Kier molecular flexibility index (Phi) is 3.29. The molecule has 1 heterocycles. The number of rotatable bonds is 3. The number of aromatic nitrogens is 1. The van der Waals surface area contributed by atoms with Crippen LogP contribution in [-0.4, -0.2) is 30.3 Å². The third-order valence-corrected chi connectivity index (χ3v) is 2.13. The van der Waals surface area contributed by atoms with Crippen molar-refractivity contribution in [2.24, 2.45) is 0 Å². The summed E-state index contributed by atoms with van der Waals surface area (Å²) in [4.78, 5) is 14.7. The normalized spacial score (nSPS) is 9.64. The molecular weight excluding hydrogens is 254 g/mol. The highest BCUT2D eigenvalue weighted by Gasteiger charge is 2.21. The molecule has 0 saturated carbocycles. The molecule has 1 N–H and O–H groups in total. The number of ether oxygens (including phenoxy) is 2. The molecule has 0 radical (unpaired) electrons. The van der Waals surface area contributed by atoms with Gasteiger partial charge in [-0.3, -0.25) is 0 Å². The van der Waals surface area contributed by atoms with Crippen LogP contribution in [0.25, 0.3) is 0 Å². The first-order valence-corrected chi connectivity index (χ1v) is 4.40. The third-order valence-electron chi connectivity index (χ3n) is 1.56. The lowest BCUT2D eigenvalue weighted by atomic mass is 10.2. The van der Waals surface area contributed by atoms with Gasteiger partial charge in [-0.05, 0) is 15.9 Å². The molecule has 6 heteroatoms. The number of carbonyl (C=O) groups is 1. The molecule has 1 rings (SSSR count). The van der Waals surface area contributed by atoms with E-state index in [-0.39, 0.29) is 17.2 Å². The smallest absolute Gasteiger partial charge is 0.345 e. The van der Waals surface area contributed by atoms with Gasteiger partial charge in [-0.1, -0.05) is 0 Å². The van der Waals surface area contributed by atoms with Crippen molar-refractivity contribution in [1.82, 2.24) is 4.98 Å². The van der Waals surface area contributed by atoms with Crippen molar-refractivity contribution in [2.75, 3.05) is 14.2 Å². The van der Waals surface area contributed by atoms with Gasteiger partial charge in [0, 0.05) is 6.20 Å². The second kappa shape index (κ2) is 4.28. The Balaban J connectivity index is 3.43. The van der Waals surface area contributed by atoms with E-state index >= 15 is 0 Å². The van der Waals surface area contributed by atoms with Gasteiger partial charge in [0.1, 0.15) is 0 Å². The van der Waals surface area contributed by atoms with Crippen LogP contribution in [0.1, 0.15) is 10.4 Å². The summed E-state index contributed by atoms with van der Waals surface area (Å²) in [5.74, 6) is -0.922. The maximum Gasteiger partial charge on any atom is 0.345 e. The molecule has 0 aliphatic rings. The topological polar surface area (TPSA) is 68.7 Å². The van der Waals surface area contributed by atoms with Gasteiger partial charge in [-0.2, -0.15) is 0 Å². The van der Waals surface area contributed by atoms with Crippen LogP contribution in [0, 0.1) is 0 Å². The van der Waals surface area contributed by atoms with Crippen molar-refractivity contribution in [2.45, 2.75) is 0 Å². The van der Waals surface area contributed by atoms with Crippen LogP contribution in [0.15, 0.2) is 10.7 Å². The predicted molar refractivity (Wildman–Crippen MR) is 52.0 cm³/mol. The first-order chi connectivity index (χ1) is 6.61. The monoisotopic (exact) mass is 261 g/mol. The fraction of sp³-hybridized carbons (Fsp3) is 0.250. The van der Waals surface area contributed by atoms with E-state index in [9.17, 15) is 4.79 Å². The number of carboxylic acids is 1. The summed E-state index contributed by atoms with van der Waals surface area (Å²) in [6.07, 6.45) is 1.42. The Bertz CT molecular complexity index is 367. The Morgan fingerprint density at radius 3 is 2.57 bits per heavy atom. The molecule has 0 fully saturated rings. The minimum absolute atomic E-state index is 0.0255. The summed E-state index contributed by atoms with van der Waals surface area (Å²) in [6.45, 7) is 0. The molecule has 14 heavy (non-hydrogen) atoms. The van der Waals surface area contributed by atoms with Crippen LogP contribution in [0.4, 0.5) is 0 Å². The highest BCUT2D eigenvalue weighted by Crippen LogP contribution is 2.33. The standard InChI is InChI=1S/C8H8BrNO4/c1-13-6-4(9)3-10-7(14-2)5(6)8(11)12/h3H,1-2H3,(H,11,12). The molecule has 0 aliphatic carbocycles. The third kappa shape index (κ3) is 1.79. The van der Waals surface area contributed by atoms with Gasteiger partial charge in [-0.25, -0.2) is 9.78 Å². The van der Waals surface area contributed by atoms with Crippen molar-refractivity contribution in [3.05, 3.63) is 16.2 Å². The molecule has 0 aromatic carbocycles. The molecule has 0 aliphatic heterocycles. The lowest BCUT2D eigenvalue weighted by Crippen LogP contribution is -2.05. The fourth-order valence-electron chi connectivity index (χ4n) is 0.998. The molecule has 0 amide bonds. The van der Waals surface area contributed by atoms with E-state index in [0.29, 0.717) is 4.47 Å². The molecule has 0 saturated heterocycles. The van der Waals surface area contributed by atoms with Gasteiger partial charge in [0.2, 0.25) is 5.88 Å². The van der Waals surface area contributed by atoms with Crippen molar-refractivity contribution < 1.29 is 19.4 Å². The lowest BCUT2D eigenvalue weighted by molar-refractivity contribution is 0.0688. The van der Waals surface area contributed by atoms with Crippen molar-refractivity contribution >= 4 is 21.9 Å². The van der Waals surface area contributed by atoms with Crippen LogP contribution in [0.3, 0.4) is 0 Å². The fourth-order valence-corrected chi connectivity index (χ4v) is 1.46. The number of carboxylic acid groups (broad SMARTS) is 1. The maximum absolute atomic E-state index is 10.9. The van der Waals surface area contributed by atoms with E-state index < -0.39 is 5.97 Å². The number of hydrogen-bond acceptors (Lipinski definition) is 4. The van der Waals surface area contributed by atoms with Gasteiger partial charge in [-0.15, -0.1) is 0 Å². The lowest BCUT2D eigenvalue weighted by Gasteiger charge is -2.09. The van der Waals surface area contributed by atoms with E-state index in [4.69, 9.17) is 14.6 Å². The zero-order chi connectivity index (χ0) is 10.7. The Labute approximate surface area is 88.8 Å². The zero-order valence-electron chi connectivity index (χ0n) is 7.57. The number of methoxy groups -OCH3 is 2. The Morgan fingerprint density at radius 1 is 1.50 bits per heavy atom. The van der Waals surface area contributed by atoms with E-state index in [1.54, 1.807) is 0 Å². The van der Waals surface area contributed by atoms with Crippen LogP contribution in [0.5, 0.6) is 11.6 Å². The van der Waals surface area contributed by atoms with Gasteiger partial charge >= 0.3 is 5.97 Å². The van der Waals surface area contributed by atoms with Gasteiger partial charge in [0.05, 0.1) is 18.7 Å². The average Bonchev–Trinajstić information content (AvgIpc) is 2.17. The summed E-state index contributed by atoms with van der Waals surface area (Å²) < 4.78 is 10.2. The maximum atomic E-state index is 10.9. The predicted octanol–water partition coefficient (Wildman–Crippen LogP) is 1.56. The number of nitrogens with zero attached hydrogens (tertiary/aromatic N) is 1. The zero-order valence-corrected chi connectivity index (χ0v) is 9.16. The molecule has 0 spiro atoms. The molecule has 1 aromatic rings. The molecule has 1 aromatic heterocycles. The summed E-state index contributed by atoms with van der Waals surface area (Å²) in [5, 5.41) is 8.91. The van der Waals surface area contributed by atoms with Crippen LogP contribution >= 0.6 is 15.9 Å². The molecule has 76 valence electrons. The Hall–Kier alpha value is -1.30. The molecule has 5 nitrogen and oxygen atoms in total. The van der Waals surface area contributed by atoms with E-state index in [1.165, 1.54) is 20.4 Å². The second-order valence-corrected chi connectivity index (χ2v) is 3.18. The number of halogens is 1. The van der Waals surface area contributed by atoms with Crippen molar-refractivity contribution in [1.29, 1.82) is 0 Å². The molecule has 0 bridgehead atoms. The molecular formula is C8H8BrNO4. The number of hydrogen-bond donors (Lipinski definition) is 1. The minimum atomic E-state index is -1.15. The van der Waals surface area contributed by atoms with Crippen LogP contribution in [0.2, 0.25) is 0 Å². The highest BCUT2D eigenvalue weighted by molar-refractivity contribution is 9.10. The molecule has 0 unspecified atom stereocenters. The summed E-state index contributed by atoms with van der Waals surface area (Å²) >= 11 is 3.13. The summed E-state index contributed by atoms with van der Waals surface area (Å²) in [7, 11) is 2.73. The van der Waals surface area contributed by atoms with E-state index in [2.05, 4.69) is 20.9 Å². The van der Waals surface area contributed by atoms with Crippen LogP contribution in [-0.2, 0) is 0 Å². The van der Waals surface area contributed by atoms with E-state index in [1.807, 2.05) is 0 Å². The van der Waals surface area contributed by atoms with Crippen molar-refractivity contribution in [3.8, 4) is 11.6 Å². The summed E-state index contributed by atoms with van der Waals surface area (Å²) in [5.41, 5.74) is -0.0932. The van der Waals surface area contributed by atoms with Gasteiger partial charge in [0.15, 0.2) is 11.3 Å². The van der Waals surface area contributed by atoms with Gasteiger partial charge < -0.3 is 14.6 Å². The average molecular weight is 262 g/mol. The second-order valence-electron chi connectivity index (χ2n) is 2.33. The number of pyridine rings is 1. The Morgan fingerprint density at radius 2 is 2.14 bits per heavy atom. The van der Waals surface area contributed by atoms with E-state index in [0.717, 1.165) is 0 Å². The van der Waals surface area contributed by atoms with Gasteiger partial charge in [0.25, 0.3) is 0 Å². The number of aromatic carboxylic acids is 1. The summed E-state index contributed by atoms with van der Waals surface area (Å²) in [6, 6.07) is 0.